The summed E-state index contributed by atoms with van der Waals surface area (Å²) in [6, 6.07) is 10.7. The van der Waals surface area contributed by atoms with Gasteiger partial charge in [0.15, 0.2) is 0 Å². The number of likely N-dealkylation sites (tertiary alicyclic amines) is 1. The highest BCUT2D eigenvalue weighted by atomic mass is 19.1. The number of carbonyl (C=O) groups is 1. The molecule has 0 bridgehead atoms. The smallest absolute Gasteiger partial charge is 0.255 e. The van der Waals surface area contributed by atoms with E-state index in [0.29, 0.717) is 11.5 Å². The van der Waals surface area contributed by atoms with Gasteiger partial charge in [-0.05, 0) is 48.6 Å². The predicted molar refractivity (Wildman–Crippen MR) is 96.9 cm³/mol. The zero-order chi connectivity index (χ0) is 17.9. The maximum Gasteiger partial charge on any atom is 0.255 e. The van der Waals surface area contributed by atoms with E-state index in [1.165, 1.54) is 6.07 Å². The molecule has 136 valence electrons. The molecule has 1 aromatic heterocycles. The number of benzene rings is 1. The van der Waals surface area contributed by atoms with Crippen molar-refractivity contribution in [1.29, 1.82) is 0 Å². The topological polar surface area (TPSA) is 57.3 Å². The Labute approximate surface area is 152 Å². The normalized spacial score (nSPS) is 24.0. The standard InChI is InChI=1S/C20H23FN4O/c21-17-5-1-3-15(11-17)18-13-23-24-19(18)14-6-9-25(10-7-14)20(26)16-4-2-8-22-12-16/h1-5,8,11-12,14,18-19,23-24H,6-7,9-10,13H2. The van der Waals surface area contributed by atoms with Gasteiger partial charge in [-0.15, -0.1) is 0 Å². The largest absolute Gasteiger partial charge is 0.339 e. The minimum atomic E-state index is -0.190. The lowest BCUT2D eigenvalue weighted by atomic mass is 9.80. The minimum absolute atomic E-state index is 0.0516. The number of hydrogen-bond acceptors (Lipinski definition) is 4. The fourth-order valence-electron chi connectivity index (χ4n) is 4.16. The second-order valence-corrected chi connectivity index (χ2v) is 7.08. The first-order valence-electron chi connectivity index (χ1n) is 9.15. The van der Waals surface area contributed by atoms with Crippen LogP contribution in [-0.2, 0) is 0 Å². The van der Waals surface area contributed by atoms with E-state index in [4.69, 9.17) is 0 Å². The van der Waals surface area contributed by atoms with Crippen molar-refractivity contribution < 1.29 is 9.18 Å². The molecule has 3 heterocycles. The summed E-state index contributed by atoms with van der Waals surface area (Å²) in [5.74, 6) is 0.563. The van der Waals surface area contributed by atoms with Crippen LogP contribution in [0.5, 0.6) is 0 Å². The number of pyridine rings is 1. The highest BCUT2D eigenvalue weighted by molar-refractivity contribution is 5.93. The Bertz CT molecular complexity index is 761. The summed E-state index contributed by atoms with van der Waals surface area (Å²) in [6.07, 6.45) is 5.18. The van der Waals surface area contributed by atoms with Gasteiger partial charge in [0.05, 0.1) is 5.56 Å². The number of carbonyl (C=O) groups excluding carboxylic acids is 1. The lowest BCUT2D eigenvalue weighted by molar-refractivity contribution is 0.0669. The van der Waals surface area contributed by atoms with Crippen LogP contribution in [0.2, 0.25) is 0 Å². The zero-order valence-corrected chi connectivity index (χ0v) is 14.6. The number of hydrazine groups is 1. The second kappa shape index (κ2) is 7.51. The van der Waals surface area contributed by atoms with E-state index in [-0.39, 0.29) is 23.7 Å². The molecule has 2 saturated heterocycles. The molecule has 2 N–H and O–H groups in total. The van der Waals surface area contributed by atoms with Gasteiger partial charge in [-0.3, -0.25) is 20.6 Å². The molecule has 2 fully saturated rings. The van der Waals surface area contributed by atoms with Gasteiger partial charge in [0.1, 0.15) is 5.82 Å². The van der Waals surface area contributed by atoms with Crippen LogP contribution in [-0.4, -0.2) is 41.5 Å². The molecule has 4 rings (SSSR count). The van der Waals surface area contributed by atoms with Crippen LogP contribution in [0.25, 0.3) is 0 Å². The molecule has 26 heavy (non-hydrogen) atoms. The highest BCUT2D eigenvalue weighted by Crippen LogP contribution is 2.32. The van der Waals surface area contributed by atoms with E-state index in [1.54, 1.807) is 30.6 Å². The highest BCUT2D eigenvalue weighted by Gasteiger charge is 2.37. The second-order valence-electron chi connectivity index (χ2n) is 7.08. The molecule has 0 saturated carbocycles. The van der Waals surface area contributed by atoms with Crippen molar-refractivity contribution in [2.24, 2.45) is 5.92 Å². The van der Waals surface area contributed by atoms with Gasteiger partial charge in [-0.2, -0.15) is 0 Å². The molecule has 2 unspecified atom stereocenters. The zero-order valence-electron chi connectivity index (χ0n) is 14.6. The van der Waals surface area contributed by atoms with Gasteiger partial charge in [0, 0.05) is 44.0 Å². The first-order valence-corrected chi connectivity index (χ1v) is 9.15. The van der Waals surface area contributed by atoms with Gasteiger partial charge in [0.2, 0.25) is 0 Å². The van der Waals surface area contributed by atoms with Crippen LogP contribution in [0, 0.1) is 11.7 Å². The lowest BCUT2D eigenvalue weighted by Crippen LogP contribution is -2.45. The molecule has 2 atom stereocenters. The van der Waals surface area contributed by atoms with Crippen molar-refractivity contribution in [2.45, 2.75) is 24.8 Å². The summed E-state index contributed by atoms with van der Waals surface area (Å²) in [6.45, 7) is 2.28. The molecular weight excluding hydrogens is 331 g/mol. The number of rotatable bonds is 3. The average molecular weight is 354 g/mol. The molecule has 2 aromatic rings. The SMILES string of the molecule is O=C(c1cccnc1)N1CCC(C2NNCC2c2cccc(F)c2)CC1. The van der Waals surface area contributed by atoms with Crippen molar-refractivity contribution in [3.05, 3.63) is 65.7 Å². The Morgan fingerprint density at radius 1 is 1.19 bits per heavy atom. The first-order chi connectivity index (χ1) is 12.7. The van der Waals surface area contributed by atoms with Crippen LogP contribution < -0.4 is 10.9 Å². The van der Waals surface area contributed by atoms with Gasteiger partial charge >= 0.3 is 0 Å². The molecule has 0 radical (unpaired) electrons. The number of piperidine rings is 1. The van der Waals surface area contributed by atoms with E-state index in [0.717, 1.165) is 38.0 Å². The summed E-state index contributed by atoms with van der Waals surface area (Å²) >= 11 is 0. The van der Waals surface area contributed by atoms with Crippen LogP contribution in [0.3, 0.4) is 0 Å². The van der Waals surface area contributed by atoms with Crippen molar-refractivity contribution in [1.82, 2.24) is 20.7 Å². The molecular formula is C20H23FN4O. The fraction of sp³-hybridized carbons (Fsp3) is 0.400. The molecule has 6 heteroatoms. The molecule has 0 spiro atoms. The number of aromatic nitrogens is 1. The summed E-state index contributed by atoms with van der Waals surface area (Å²) < 4.78 is 13.6. The van der Waals surface area contributed by atoms with Gasteiger partial charge in [-0.1, -0.05) is 12.1 Å². The van der Waals surface area contributed by atoms with E-state index in [9.17, 15) is 9.18 Å². The average Bonchev–Trinajstić information content (AvgIpc) is 3.18. The molecule has 1 amide bonds. The minimum Gasteiger partial charge on any atom is -0.339 e. The third-order valence-corrected chi connectivity index (χ3v) is 5.54. The van der Waals surface area contributed by atoms with E-state index in [2.05, 4.69) is 15.8 Å². The van der Waals surface area contributed by atoms with Crippen molar-refractivity contribution in [2.75, 3.05) is 19.6 Å². The Balaban J connectivity index is 1.40. The van der Waals surface area contributed by atoms with E-state index < -0.39 is 0 Å². The van der Waals surface area contributed by atoms with E-state index in [1.807, 2.05) is 17.0 Å². The Morgan fingerprint density at radius 2 is 2.04 bits per heavy atom. The quantitative estimate of drug-likeness (QED) is 0.888. The summed E-state index contributed by atoms with van der Waals surface area (Å²) in [5.41, 5.74) is 8.29. The van der Waals surface area contributed by atoms with Gasteiger partial charge in [-0.25, -0.2) is 4.39 Å². The summed E-state index contributed by atoms with van der Waals surface area (Å²) in [5, 5.41) is 0. The maximum absolute atomic E-state index is 13.6. The van der Waals surface area contributed by atoms with Crippen LogP contribution in [0.1, 0.15) is 34.7 Å². The van der Waals surface area contributed by atoms with Crippen molar-refractivity contribution in [3.63, 3.8) is 0 Å². The van der Waals surface area contributed by atoms with Crippen molar-refractivity contribution in [3.8, 4) is 0 Å². The molecule has 1 aromatic carbocycles. The van der Waals surface area contributed by atoms with Crippen LogP contribution in [0.15, 0.2) is 48.8 Å². The lowest BCUT2D eigenvalue weighted by Gasteiger charge is -2.36. The number of halogens is 1. The van der Waals surface area contributed by atoms with E-state index >= 15 is 0 Å². The van der Waals surface area contributed by atoms with Crippen molar-refractivity contribution >= 4 is 5.91 Å². The Kier molecular flexibility index (Phi) is 4.95. The number of amides is 1. The monoisotopic (exact) mass is 354 g/mol. The summed E-state index contributed by atoms with van der Waals surface area (Å²) in [4.78, 5) is 18.5. The number of nitrogens with one attached hydrogen (secondary N) is 2. The maximum atomic E-state index is 13.6. The molecule has 5 nitrogen and oxygen atoms in total. The summed E-state index contributed by atoms with van der Waals surface area (Å²) in [7, 11) is 0. The molecule has 0 aliphatic carbocycles. The fourth-order valence-corrected chi connectivity index (χ4v) is 4.16. The third-order valence-electron chi connectivity index (χ3n) is 5.54. The molecule has 2 aliphatic heterocycles. The Morgan fingerprint density at radius 3 is 2.77 bits per heavy atom. The van der Waals surface area contributed by atoms with Crippen LogP contribution >= 0.6 is 0 Å². The third kappa shape index (κ3) is 3.48. The number of hydrogen-bond donors (Lipinski definition) is 2. The number of nitrogens with zero attached hydrogens (tertiary/aromatic N) is 2. The molecule has 2 aliphatic rings. The Hall–Kier alpha value is -2.31. The first kappa shape index (κ1) is 17.1. The van der Waals surface area contributed by atoms with Gasteiger partial charge in [0.25, 0.3) is 5.91 Å². The predicted octanol–water partition coefficient (Wildman–Crippen LogP) is 2.33. The van der Waals surface area contributed by atoms with Gasteiger partial charge < -0.3 is 4.90 Å². The van der Waals surface area contributed by atoms with Crippen LogP contribution in [0.4, 0.5) is 4.39 Å².